The Morgan fingerprint density at radius 1 is 1.04 bits per heavy atom. The van der Waals surface area contributed by atoms with Crippen molar-refractivity contribution in [1.29, 1.82) is 0 Å². The summed E-state index contributed by atoms with van der Waals surface area (Å²) in [5.74, 6) is 0.468. The zero-order valence-corrected chi connectivity index (χ0v) is 16.0. The van der Waals surface area contributed by atoms with Crippen LogP contribution in [0.15, 0.2) is 36.5 Å². The fourth-order valence-corrected chi connectivity index (χ4v) is 3.88. The van der Waals surface area contributed by atoms with Gasteiger partial charge >= 0.3 is 0 Å². The van der Waals surface area contributed by atoms with Crippen molar-refractivity contribution in [2.75, 3.05) is 0 Å². The van der Waals surface area contributed by atoms with Crippen molar-refractivity contribution < 1.29 is 14.7 Å². The van der Waals surface area contributed by atoms with Crippen LogP contribution in [0.3, 0.4) is 0 Å². The average molecular weight is 386 g/mol. The summed E-state index contributed by atoms with van der Waals surface area (Å²) in [5, 5.41) is 10.3. The van der Waals surface area contributed by atoms with Crippen LogP contribution in [-0.2, 0) is 28.9 Å². The van der Waals surface area contributed by atoms with E-state index < -0.39 is 0 Å². The summed E-state index contributed by atoms with van der Waals surface area (Å²) in [6.07, 6.45) is 7.81. The Bertz CT molecular complexity index is 828. The van der Waals surface area contributed by atoms with Crippen LogP contribution in [0.2, 0.25) is 5.02 Å². The molecule has 1 aromatic carbocycles. The molecular weight excluding hydrogens is 362 g/mol. The van der Waals surface area contributed by atoms with Gasteiger partial charge in [0.25, 0.3) is 0 Å². The minimum atomic E-state index is -0.0247. The summed E-state index contributed by atoms with van der Waals surface area (Å²) in [4.78, 5) is 29.2. The molecule has 142 valence electrons. The van der Waals surface area contributed by atoms with Crippen LogP contribution in [0.1, 0.15) is 48.9 Å². The highest BCUT2D eigenvalue weighted by atomic mass is 35.5. The van der Waals surface area contributed by atoms with E-state index in [1.165, 1.54) is 12.5 Å². The number of carbonyl (C=O) groups excluding carboxylic acids is 2. The van der Waals surface area contributed by atoms with Crippen LogP contribution in [0.5, 0.6) is 5.75 Å². The van der Waals surface area contributed by atoms with Crippen molar-refractivity contribution >= 4 is 23.2 Å². The molecule has 0 bridgehead atoms. The maximum Gasteiger partial charge on any atom is 0.141 e. The maximum absolute atomic E-state index is 12.5. The number of ketones is 2. The first-order valence-electron chi connectivity index (χ1n) is 9.47. The lowest BCUT2D eigenvalue weighted by atomic mass is 9.85. The lowest BCUT2D eigenvalue weighted by Crippen LogP contribution is -2.20. The van der Waals surface area contributed by atoms with Gasteiger partial charge in [-0.1, -0.05) is 30.9 Å². The van der Waals surface area contributed by atoms with Gasteiger partial charge in [0, 0.05) is 47.7 Å². The lowest BCUT2D eigenvalue weighted by Gasteiger charge is -2.20. The van der Waals surface area contributed by atoms with Gasteiger partial charge in [0.15, 0.2) is 0 Å². The zero-order chi connectivity index (χ0) is 19.2. The summed E-state index contributed by atoms with van der Waals surface area (Å²) in [5.41, 5.74) is 2.08. The average Bonchev–Trinajstić information content (AvgIpc) is 2.65. The number of Topliss-reactive ketones (excluding diaryl/α,β-unsaturated/α-hetero) is 2. The van der Waals surface area contributed by atoms with Crippen LogP contribution in [0, 0.1) is 5.92 Å². The fraction of sp³-hybridized carbons (Fsp3) is 0.409. The van der Waals surface area contributed by atoms with Gasteiger partial charge in [-0.05, 0) is 48.7 Å². The highest BCUT2D eigenvalue weighted by molar-refractivity contribution is 6.30. The Morgan fingerprint density at radius 3 is 2.59 bits per heavy atom. The standard InChI is InChI=1S/C22H24ClNO3/c23-18-6-7-21(26)17(12-18)13-20(25)11-15-8-9-24-19(10-15)14-22(27)16-4-2-1-3-5-16/h6-10,12,16,26H,1-5,11,13-14H2. The van der Waals surface area contributed by atoms with E-state index in [0.29, 0.717) is 17.0 Å². The van der Waals surface area contributed by atoms with Gasteiger partial charge in [0.2, 0.25) is 0 Å². The van der Waals surface area contributed by atoms with Crippen LogP contribution >= 0.6 is 11.6 Å². The first kappa shape index (κ1) is 19.6. The molecule has 1 aliphatic carbocycles. The molecule has 0 spiro atoms. The van der Waals surface area contributed by atoms with Crippen molar-refractivity contribution in [1.82, 2.24) is 4.98 Å². The van der Waals surface area contributed by atoms with E-state index >= 15 is 0 Å². The Balaban J connectivity index is 1.60. The van der Waals surface area contributed by atoms with Crippen molar-refractivity contribution in [2.45, 2.75) is 51.4 Å². The zero-order valence-electron chi connectivity index (χ0n) is 15.3. The second kappa shape index (κ2) is 9.14. The summed E-state index contributed by atoms with van der Waals surface area (Å²) in [6, 6.07) is 8.33. The van der Waals surface area contributed by atoms with E-state index in [9.17, 15) is 14.7 Å². The Labute approximate surface area is 164 Å². The minimum absolute atomic E-state index is 0.0247. The molecule has 1 fully saturated rings. The number of rotatable bonds is 7. The molecule has 0 amide bonds. The molecule has 1 saturated carbocycles. The highest BCUT2D eigenvalue weighted by Gasteiger charge is 2.21. The molecule has 0 radical (unpaired) electrons. The largest absolute Gasteiger partial charge is 0.508 e. The fourth-order valence-electron chi connectivity index (χ4n) is 3.68. The van der Waals surface area contributed by atoms with Crippen molar-refractivity contribution in [2.24, 2.45) is 5.92 Å². The number of nitrogens with zero attached hydrogens (tertiary/aromatic N) is 1. The lowest BCUT2D eigenvalue weighted by molar-refractivity contribution is -0.123. The number of aromatic hydroxyl groups is 1. The van der Waals surface area contributed by atoms with Crippen LogP contribution in [0.25, 0.3) is 0 Å². The molecule has 1 aromatic heterocycles. The number of phenolic OH excluding ortho intramolecular Hbond substituents is 1. The number of pyridine rings is 1. The van der Waals surface area contributed by atoms with E-state index in [1.807, 2.05) is 6.07 Å². The molecule has 0 atom stereocenters. The van der Waals surface area contributed by atoms with Gasteiger partial charge in [-0.15, -0.1) is 0 Å². The molecule has 27 heavy (non-hydrogen) atoms. The molecule has 1 N–H and O–H groups in total. The highest BCUT2D eigenvalue weighted by Crippen LogP contribution is 2.25. The Hall–Kier alpha value is -2.20. The molecule has 0 saturated heterocycles. The molecule has 1 aliphatic rings. The molecule has 3 rings (SSSR count). The SMILES string of the molecule is O=C(Cc1ccnc(CC(=O)C2CCCCC2)c1)Cc1cc(Cl)ccc1O. The van der Waals surface area contributed by atoms with Crippen LogP contribution in [0.4, 0.5) is 0 Å². The third kappa shape index (κ3) is 5.64. The number of halogens is 1. The first-order valence-corrected chi connectivity index (χ1v) is 9.84. The van der Waals surface area contributed by atoms with Gasteiger partial charge in [-0.2, -0.15) is 0 Å². The summed E-state index contributed by atoms with van der Waals surface area (Å²) in [6.45, 7) is 0. The van der Waals surface area contributed by atoms with Crippen molar-refractivity contribution in [3.05, 3.63) is 58.4 Å². The van der Waals surface area contributed by atoms with Crippen molar-refractivity contribution in [3.8, 4) is 5.75 Å². The molecule has 0 unspecified atom stereocenters. The van der Waals surface area contributed by atoms with E-state index in [2.05, 4.69) is 4.98 Å². The van der Waals surface area contributed by atoms with Gasteiger partial charge in [-0.25, -0.2) is 0 Å². The molecule has 4 nitrogen and oxygen atoms in total. The van der Waals surface area contributed by atoms with Gasteiger partial charge in [0.1, 0.15) is 17.3 Å². The second-order valence-electron chi connectivity index (χ2n) is 7.30. The normalized spacial score (nSPS) is 14.9. The van der Waals surface area contributed by atoms with Gasteiger partial charge in [0.05, 0.1) is 0 Å². The predicted molar refractivity (Wildman–Crippen MR) is 105 cm³/mol. The number of hydrogen-bond donors (Lipinski definition) is 1. The quantitative estimate of drug-likeness (QED) is 0.762. The molecular formula is C22H24ClNO3. The van der Waals surface area contributed by atoms with Gasteiger partial charge in [-0.3, -0.25) is 14.6 Å². The predicted octanol–water partition coefficient (Wildman–Crippen LogP) is 4.49. The number of carbonyl (C=O) groups is 2. The molecule has 0 aliphatic heterocycles. The van der Waals surface area contributed by atoms with Crippen molar-refractivity contribution in [3.63, 3.8) is 0 Å². The minimum Gasteiger partial charge on any atom is -0.508 e. The van der Waals surface area contributed by atoms with Crippen LogP contribution < -0.4 is 0 Å². The topological polar surface area (TPSA) is 67.3 Å². The van der Waals surface area contributed by atoms with Gasteiger partial charge < -0.3 is 5.11 Å². The maximum atomic E-state index is 12.5. The third-order valence-corrected chi connectivity index (χ3v) is 5.36. The Morgan fingerprint density at radius 2 is 1.81 bits per heavy atom. The van der Waals surface area contributed by atoms with Crippen LogP contribution in [-0.4, -0.2) is 21.7 Å². The van der Waals surface area contributed by atoms with E-state index in [4.69, 9.17) is 11.6 Å². The second-order valence-corrected chi connectivity index (χ2v) is 7.74. The summed E-state index contributed by atoms with van der Waals surface area (Å²) >= 11 is 5.93. The van der Waals surface area contributed by atoms with E-state index in [-0.39, 0.29) is 36.1 Å². The molecule has 2 aromatic rings. The van der Waals surface area contributed by atoms with E-state index in [1.54, 1.807) is 24.4 Å². The Kier molecular flexibility index (Phi) is 6.62. The smallest absolute Gasteiger partial charge is 0.141 e. The first-order chi connectivity index (χ1) is 13.0. The third-order valence-electron chi connectivity index (χ3n) is 5.13. The monoisotopic (exact) mass is 385 g/mol. The number of benzene rings is 1. The summed E-state index contributed by atoms with van der Waals surface area (Å²) in [7, 11) is 0. The number of hydrogen-bond acceptors (Lipinski definition) is 4. The summed E-state index contributed by atoms with van der Waals surface area (Å²) < 4.78 is 0. The van der Waals surface area contributed by atoms with E-state index in [0.717, 1.165) is 36.9 Å². The number of phenols is 1. The molecule has 5 heteroatoms. The molecule has 1 heterocycles. The number of aromatic nitrogens is 1.